The lowest BCUT2D eigenvalue weighted by molar-refractivity contribution is 0.0236. The van der Waals surface area contributed by atoms with Gasteiger partial charge in [0.25, 0.3) is 5.91 Å². The number of ether oxygens (including phenoxy) is 1. The van der Waals surface area contributed by atoms with Crippen LogP contribution in [0.25, 0.3) is 0 Å². The molecule has 5 heteroatoms. The van der Waals surface area contributed by atoms with Gasteiger partial charge in [-0.2, -0.15) is 0 Å². The summed E-state index contributed by atoms with van der Waals surface area (Å²) in [6.07, 6.45) is 1.44. The van der Waals surface area contributed by atoms with Crippen molar-refractivity contribution in [3.05, 3.63) is 34.9 Å². The van der Waals surface area contributed by atoms with Gasteiger partial charge in [-0.25, -0.2) is 4.79 Å². The van der Waals surface area contributed by atoms with E-state index in [-0.39, 0.29) is 12.0 Å². The summed E-state index contributed by atoms with van der Waals surface area (Å²) in [6, 6.07) is 5.66. The number of aryl methyl sites for hydroxylation is 1. The van der Waals surface area contributed by atoms with Gasteiger partial charge >= 0.3 is 6.09 Å². The van der Waals surface area contributed by atoms with Gasteiger partial charge in [-0.15, -0.1) is 0 Å². The maximum absolute atomic E-state index is 12.2. The van der Waals surface area contributed by atoms with Crippen molar-refractivity contribution in [3.63, 3.8) is 0 Å². The molecule has 0 saturated carbocycles. The van der Waals surface area contributed by atoms with Crippen molar-refractivity contribution < 1.29 is 14.3 Å². The summed E-state index contributed by atoms with van der Waals surface area (Å²) in [5.74, 6) is -0.0870. The van der Waals surface area contributed by atoms with Crippen molar-refractivity contribution in [3.8, 4) is 0 Å². The van der Waals surface area contributed by atoms with Crippen LogP contribution in [-0.4, -0.2) is 36.1 Å². The second-order valence-corrected chi connectivity index (χ2v) is 6.57. The minimum absolute atomic E-state index is 0.0870. The van der Waals surface area contributed by atoms with E-state index in [0.717, 1.165) is 24.0 Å². The van der Waals surface area contributed by atoms with Gasteiger partial charge in [-0.05, 0) is 56.9 Å². The molecule has 0 fully saturated rings. The molecule has 1 aliphatic rings. The topological polar surface area (TPSA) is 58.6 Å². The number of rotatable bonds is 1. The van der Waals surface area contributed by atoms with Crippen LogP contribution in [0.15, 0.2) is 18.2 Å². The van der Waals surface area contributed by atoms with Gasteiger partial charge in [0.05, 0.1) is 0 Å². The van der Waals surface area contributed by atoms with Crippen LogP contribution >= 0.6 is 0 Å². The molecule has 1 aliphatic heterocycles. The zero-order valence-electron chi connectivity index (χ0n) is 13.7. The Kier molecular flexibility index (Phi) is 4.74. The van der Waals surface area contributed by atoms with Gasteiger partial charge in [0.15, 0.2) is 0 Å². The van der Waals surface area contributed by atoms with Crippen LogP contribution in [-0.2, 0) is 17.7 Å². The number of nitrogens with zero attached hydrogens (tertiary/aromatic N) is 1. The van der Waals surface area contributed by atoms with Crippen molar-refractivity contribution in [2.24, 2.45) is 0 Å². The molecule has 0 bridgehead atoms. The number of carbonyl (C=O) groups excluding carboxylic acids is 2. The standard InChI is InChI=1S/C17H24N2O3/c1-17(2,3)22-16(21)19-9-5-6-12-10-13(15(20)18-4)7-8-14(12)11-19/h7-8,10H,5-6,9,11H2,1-4H3,(H,18,20). The number of amides is 2. The van der Waals surface area contributed by atoms with E-state index in [1.807, 2.05) is 32.9 Å². The molecule has 0 aliphatic carbocycles. The number of nitrogens with one attached hydrogen (secondary N) is 1. The third-order valence-corrected chi connectivity index (χ3v) is 3.58. The number of hydrogen-bond acceptors (Lipinski definition) is 3. The van der Waals surface area contributed by atoms with E-state index in [4.69, 9.17) is 4.74 Å². The molecule has 2 rings (SSSR count). The Morgan fingerprint density at radius 3 is 2.59 bits per heavy atom. The van der Waals surface area contributed by atoms with E-state index in [1.54, 1.807) is 18.0 Å². The summed E-state index contributed by atoms with van der Waals surface area (Å²) >= 11 is 0. The maximum atomic E-state index is 12.2. The number of benzene rings is 1. The SMILES string of the molecule is CNC(=O)c1ccc2c(c1)CCCN(C(=O)OC(C)(C)C)C2. The molecule has 0 saturated heterocycles. The van der Waals surface area contributed by atoms with Crippen LogP contribution in [0.5, 0.6) is 0 Å². The monoisotopic (exact) mass is 304 g/mol. The average Bonchev–Trinajstić information content (AvgIpc) is 2.66. The quantitative estimate of drug-likeness (QED) is 0.868. The van der Waals surface area contributed by atoms with Gasteiger partial charge in [0.2, 0.25) is 0 Å². The van der Waals surface area contributed by atoms with Crippen LogP contribution in [0, 0.1) is 0 Å². The van der Waals surface area contributed by atoms with Gasteiger partial charge in [-0.1, -0.05) is 6.07 Å². The Labute approximate surface area is 131 Å². The van der Waals surface area contributed by atoms with E-state index < -0.39 is 5.60 Å². The molecule has 1 aromatic carbocycles. The average molecular weight is 304 g/mol. The minimum atomic E-state index is -0.491. The molecule has 1 N–H and O–H groups in total. The Morgan fingerprint density at radius 2 is 1.95 bits per heavy atom. The van der Waals surface area contributed by atoms with E-state index >= 15 is 0 Å². The van der Waals surface area contributed by atoms with E-state index in [9.17, 15) is 9.59 Å². The first-order valence-corrected chi connectivity index (χ1v) is 7.62. The molecule has 0 aromatic heterocycles. The Bertz CT molecular complexity index is 576. The number of fused-ring (bicyclic) bond motifs is 1. The van der Waals surface area contributed by atoms with Gasteiger partial charge < -0.3 is 15.0 Å². The van der Waals surface area contributed by atoms with Gasteiger partial charge in [0.1, 0.15) is 5.60 Å². The lowest BCUT2D eigenvalue weighted by atomic mass is 10.0. The maximum Gasteiger partial charge on any atom is 0.410 e. The zero-order valence-corrected chi connectivity index (χ0v) is 13.7. The van der Waals surface area contributed by atoms with E-state index in [1.165, 1.54) is 0 Å². The highest BCUT2D eigenvalue weighted by Crippen LogP contribution is 2.22. The molecule has 120 valence electrons. The van der Waals surface area contributed by atoms with Crippen LogP contribution in [0.3, 0.4) is 0 Å². The molecule has 0 atom stereocenters. The molecular weight excluding hydrogens is 280 g/mol. The molecule has 1 aromatic rings. The predicted octanol–water partition coefficient (Wildman–Crippen LogP) is 2.73. The fraction of sp³-hybridized carbons (Fsp3) is 0.529. The second kappa shape index (κ2) is 6.38. The Morgan fingerprint density at radius 1 is 1.23 bits per heavy atom. The summed E-state index contributed by atoms with van der Waals surface area (Å²) < 4.78 is 5.45. The third-order valence-electron chi connectivity index (χ3n) is 3.58. The normalized spacial score (nSPS) is 14.8. The van der Waals surface area contributed by atoms with Crippen LogP contribution in [0.1, 0.15) is 48.7 Å². The molecule has 0 unspecified atom stereocenters. The smallest absolute Gasteiger partial charge is 0.410 e. The van der Waals surface area contributed by atoms with Crippen molar-refractivity contribution in [1.29, 1.82) is 0 Å². The first-order valence-electron chi connectivity index (χ1n) is 7.62. The summed E-state index contributed by atoms with van der Waals surface area (Å²) in [5.41, 5.74) is 2.38. The van der Waals surface area contributed by atoms with E-state index in [2.05, 4.69) is 5.32 Å². The molecular formula is C17H24N2O3. The fourth-order valence-electron chi connectivity index (χ4n) is 2.53. The number of carbonyl (C=O) groups is 2. The molecule has 0 spiro atoms. The molecule has 5 nitrogen and oxygen atoms in total. The molecule has 22 heavy (non-hydrogen) atoms. The first kappa shape index (κ1) is 16.3. The van der Waals surface area contributed by atoms with Crippen LogP contribution < -0.4 is 5.32 Å². The summed E-state index contributed by atoms with van der Waals surface area (Å²) in [5, 5.41) is 2.63. The van der Waals surface area contributed by atoms with Crippen LogP contribution in [0.2, 0.25) is 0 Å². The molecule has 0 radical (unpaired) electrons. The highest BCUT2D eigenvalue weighted by Gasteiger charge is 2.24. The highest BCUT2D eigenvalue weighted by atomic mass is 16.6. The second-order valence-electron chi connectivity index (χ2n) is 6.57. The van der Waals surface area contributed by atoms with Gasteiger partial charge in [-0.3, -0.25) is 4.79 Å². The lowest BCUT2D eigenvalue weighted by Crippen LogP contribution is -2.36. The van der Waals surface area contributed by atoms with Crippen molar-refractivity contribution in [2.75, 3.05) is 13.6 Å². The predicted molar refractivity (Wildman–Crippen MR) is 84.8 cm³/mol. The zero-order chi connectivity index (χ0) is 16.3. The van der Waals surface area contributed by atoms with Crippen LogP contribution in [0.4, 0.5) is 4.79 Å². The summed E-state index contributed by atoms with van der Waals surface area (Å²) in [4.78, 5) is 25.7. The van der Waals surface area contributed by atoms with Gasteiger partial charge in [0, 0.05) is 25.7 Å². The Hall–Kier alpha value is -2.04. The number of hydrogen-bond donors (Lipinski definition) is 1. The molecule has 2 amide bonds. The largest absolute Gasteiger partial charge is 0.444 e. The third kappa shape index (κ3) is 4.00. The first-order chi connectivity index (χ1) is 10.3. The van der Waals surface area contributed by atoms with E-state index in [0.29, 0.717) is 18.7 Å². The summed E-state index contributed by atoms with van der Waals surface area (Å²) in [7, 11) is 1.62. The van der Waals surface area contributed by atoms with Crippen molar-refractivity contribution in [1.82, 2.24) is 10.2 Å². The summed E-state index contributed by atoms with van der Waals surface area (Å²) in [6.45, 7) is 6.79. The van der Waals surface area contributed by atoms with Crippen molar-refractivity contribution in [2.45, 2.75) is 45.8 Å². The Balaban J connectivity index is 2.17. The lowest BCUT2D eigenvalue weighted by Gasteiger charge is -2.26. The molecule has 1 heterocycles. The fourth-order valence-corrected chi connectivity index (χ4v) is 2.53. The highest BCUT2D eigenvalue weighted by molar-refractivity contribution is 5.94. The van der Waals surface area contributed by atoms with Crippen molar-refractivity contribution >= 4 is 12.0 Å². The minimum Gasteiger partial charge on any atom is -0.444 e.